The fourth-order valence-corrected chi connectivity index (χ4v) is 2.65. The molecule has 1 amide bonds. The summed E-state index contributed by atoms with van der Waals surface area (Å²) in [6, 6.07) is 5.85. The molecular formula is C17H22F3N3O. The lowest BCUT2D eigenvalue weighted by Gasteiger charge is -2.37. The van der Waals surface area contributed by atoms with E-state index < -0.39 is 12.1 Å². The van der Waals surface area contributed by atoms with E-state index in [1.54, 1.807) is 0 Å². The number of nitrogens with zero attached hydrogens (tertiary/aromatic N) is 3. The molecule has 1 aliphatic rings. The molecular weight excluding hydrogens is 319 g/mol. The minimum atomic E-state index is -4.81. The van der Waals surface area contributed by atoms with E-state index in [1.165, 1.54) is 0 Å². The van der Waals surface area contributed by atoms with Crippen molar-refractivity contribution in [3.05, 3.63) is 23.8 Å². The maximum Gasteiger partial charge on any atom is 0.471 e. The highest BCUT2D eigenvalue weighted by atomic mass is 19.4. The molecule has 24 heavy (non-hydrogen) atoms. The second kappa shape index (κ2) is 6.45. The van der Waals surface area contributed by atoms with Gasteiger partial charge in [0.1, 0.15) is 0 Å². The average Bonchev–Trinajstić information content (AvgIpc) is 2.52. The first-order valence-electron chi connectivity index (χ1n) is 7.76. The number of piperazine rings is 1. The number of hydrogen-bond donors (Lipinski definition) is 0. The largest absolute Gasteiger partial charge is 0.471 e. The molecule has 1 saturated heterocycles. The van der Waals surface area contributed by atoms with Gasteiger partial charge in [0.05, 0.1) is 5.69 Å². The van der Waals surface area contributed by atoms with Crippen LogP contribution in [0.1, 0.15) is 26.3 Å². The van der Waals surface area contributed by atoms with E-state index in [1.807, 2.05) is 23.1 Å². The Morgan fingerprint density at radius 3 is 2.12 bits per heavy atom. The van der Waals surface area contributed by atoms with E-state index in [9.17, 15) is 18.0 Å². The number of alkyl halides is 3. The smallest absolute Gasteiger partial charge is 0.368 e. The summed E-state index contributed by atoms with van der Waals surface area (Å²) in [5.41, 5.74) is 2.62. The Kier molecular flexibility index (Phi) is 4.92. The molecule has 0 spiro atoms. The number of anilines is 1. The van der Waals surface area contributed by atoms with E-state index in [0.29, 0.717) is 13.1 Å². The van der Waals surface area contributed by atoms with Crippen molar-refractivity contribution < 1.29 is 18.0 Å². The van der Waals surface area contributed by atoms with Crippen LogP contribution in [0.4, 0.5) is 24.5 Å². The van der Waals surface area contributed by atoms with Crippen molar-refractivity contribution in [1.29, 1.82) is 0 Å². The van der Waals surface area contributed by atoms with Gasteiger partial charge in [-0.2, -0.15) is 13.2 Å². The number of amides is 1. The Balaban J connectivity index is 2.17. The summed E-state index contributed by atoms with van der Waals surface area (Å²) in [6.45, 7) is 10.6. The van der Waals surface area contributed by atoms with Crippen LogP contribution in [0, 0.1) is 0 Å². The fourth-order valence-electron chi connectivity index (χ4n) is 2.65. The van der Waals surface area contributed by atoms with Gasteiger partial charge in [0.2, 0.25) is 0 Å². The molecule has 1 heterocycles. The van der Waals surface area contributed by atoms with E-state index >= 15 is 0 Å². The summed E-state index contributed by atoms with van der Waals surface area (Å²) in [6.07, 6.45) is -4.81. The molecule has 0 bridgehead atoms. The lowest BCUT2D eigenvalue weighted by atomic mass is 9.86. The zero-order valence-electron chi connectivity index (χ0n) is 14.2. The van der Waals surface area contributed by atoms with Gasteiger partial charge < -0.3 is 9.80 Å². The highest BCUT2D eigenvalue weighted by molar-refractivity contribution is 5.82. The van der Waals surface area contributed by atoms with Gasteiger partial charge in [-0.25, -0.2) is 0 Å². The van der Waals surface area contributed by atoms with Crippen LogP contribution in [0.2, 0.25) is 0 Å². The zero-order chi connectivity index (χ0) is 18.1. The summed E-state index contributed by atoms with van der Waals surface area (Å²) >= 11 is 0. The first kappa shape index (κ1) is 18.3. The van der Waals surface area contributed by atoms with E-state index in [-0.39, 0.29) is 18.5 Å². The molecule has 132 valence electrons. The standard InChI is InChI=1S/C17H22F3N3O/c1-16(2,3)12-9-13(21-4)11-14(10-12)22-5-7-23(8-6-22)15(24)17(18,19)20/h9-11H,4-8H2,1-3H3. The van der Waals surface area contributed by atoms with Crippen molar-refractivity contribution in [2.75, 3.05) is 31.1 Å². The van der Waals surface area contributed by atoms with E-state index in [2.05, 4.69) is 32.5 Å². The van der Waals surface area contributed by atoms with Crippen LogP contribution in [-0.2, 0) is 10.2 Å². The highest BCUT2D eigenvalue weighted by Crippen LogP contribution is 2.32. The monoisotopic (exact) mass is 341 g/mol. The Hall–Kier alpha value is -2.05. The lowest BCUT2D eigenvalue weighted by molar-refractivity contribution is -0.185. The van der Waals surface area contributed by atoms with Crippen molar-refractivity contribution >= 4 is 24.0 Å². The number of hydrogen-bond acceptors (Lipinski definition) is 3. The average molecular weight is 341 g/mol. The third kappa shape index (κ3) is 4.07. The molecule has 4 nitrogen and oxygen atoms in total. The van der Waals surface area contributed by atoms with Crippen molar-refractivity contribution in [3.63, 3.8) is 0 Å². The summed E-state index contributed by atoms with van der Waals surface area (Å²) in [7, 11) is 0. The number of rotatable bonds is 2. The number of benzene rings is 1. The SMILES string of the molecule is C=Nc1cc(N2CCN(C(=O)C(F)(F)F)CC2)cc(C(C)(C)C)c1. The molecule has 0 radical (unpaired) electrons. The van der Waals surface area contributed by atoms with Crippen LogP contribution >= 0.6 is 0 Å². The van der Waals surface area contributed by atoms with Gasteiger partial charge in [0.15, 0.2) is 0 Å². The number of carbonyl (C=O) groups is 1. The van der Waals surface area contributed by atoms with E-state index in [0.717, 1.165) is 21.8 Å². The number of halogens is 3. The van der Waals surface area contributed by atoms with Gasteiger partial charge in [-0.1, -0.05) is 20.8 Å². The van der Waals surface area contributed by atoms with Crippen LogP contribution < -0.4 is 4.90 Å². The van der Waals surface area contributed by atoms with Gasteiger partial charge in [0, 0.05) is 31.9 Å². The maximum absolute atomic E-state index is 12.5. The van der Waals surface area contributed by atoms with Gasteiger partial charge in [0.25, 0.3) is 0 Å². The van der Waals surface area contributed by atoms with E-state index in [4.69, 9.17) is 0 Å². The first-order chi connectivity index (χ1) is 11.0. The number of aliphatic imine (C=N–C) groups is 1. The van der Waals surface area contributed by atoms with Crippen LogP contribution in [0.25, 0.3) is 0 Å². The normalized spacial score (nSPS) is 16.2. The van der Waals surface area contributed by atoms with Crippen LogP contribution in [0.5, 0.6) is 0 Å². The molecule has 1 aliphatic heterocycles. The van der Waals surface area contributed by atoms with Gasteiger partial charge in [-0.15, -0.1) is 0 Å². The molecule has 1 aromatic rings. The van der Waals surface area contributed by atoms with Crippen LogP contribution in [-0.4, -0.2) is 49.9 Å². The molecule has 1 aromatic carbocycles. The van der Waals surface area contributed by atoms with Gasteiger partial charge in [-0.3, -0.25) is 9.79 Å². The fraction of sp³-hybridized carbons (Fsp3) is 0.529. The quantitative estimate of drug-likeness (QED) is 0.772. The van der Waals surface area contributed by atoms with Crippen LogP contribution in [0.3, 0.4) is 0 Å². The molecule has 7 heteroatoms. The van der Waals surface area contributed by atoms with Crippen molar-refractivity contribution in [2.24, 2.45) is 4.99 Å². The summed E-state index contributed by atoms with van der Waals surface area (Å²) in [5.74, 6) is -1.76. The summed E-state index contributed by atoms with van der Waals surface area (Å²) in [5, 5.41) is 0. The van der Waals surface area contributed by atoms with Crippen molar-refractivity contribution in [2.45, 2.75) is 32.4 Å². The Labute approximate surface area is 140 Å². The van der Waals surface area contributed by atoms with Crippen molar-refractivity contribution in [3.8, 4) is 0 Å². The van der Waals surface area contributed by atoms with Gasteiger partial charge >= 0.3 is 12.1 Å². The summed E-state index contributed by atoms with van der Waals surface area (Å²) < 4.78 is 37.5. The second-order valence-corrected chi connectivity index (χ2v) is 6.92. The highest BCUT2D eigenvalue weighted by Gasteiger charge is 2.43. The maximum atomic E-state index is 12.5. The molecule has 0 N–H and O–H groups in total. The minimum absolute atomic E-state index is 0.0505. The van der Waals surface area contributed by atoms with Crippen molar-refractivity contribution in [1.82, 2.24) is 4.90 Å². The molecule has 0 saturated carbocycles. The lowest BCUT2D eigenvalue weighted by Crippen LogP contribution is -2.52. The van der Waals surface area contributed by atoms with Gasteiger partial charge in [-0.05, 0) is 35.9 Å². The molecule has 1 fully saturated rings. The Bertz CT molecular complexity index is 627. The second-order valence-electron chi connectivity index (χ2n) is 6.92. The number of carbonyl (C=O) groups excluding carboxylic acids is 1. The molecule has 2 rings (SSSR count). The predicted molar refractivity (Wildman–Crippen MR) is 89.2 cm³/mol. The topological polar surface area (TPSA) is 35.9 Å². The minimum Gasteiger partial charge on any atom is -0.368 e. The molecule has 0 aromatic heterocycles. The predicted octanol–water partition coefficient (Wildman–Crippen LogP) is 3.53. The Morgan fingerprint density at radius 1 is 1.08 bits per heavy atom. The summed E-state index contributed by atoms with van der Waals surface area (Å²) in [4.78, 5) is 18.1. The third-order valence-electron chi connectivity index (χ3n) is 4.13. The zero-order valence-corrected chi connectivity index (χ0v) is 14.2. The third-order valence-corrected chi connectivity index (χ3v) is 4.13. The van der Waals surface area contributed by atoms with Crippen LogP contribution in [0.15, 0.2) is 23.2 Å². The molecule has 0 unspecified atom stereocenters. The first-order valence-corrected chi connectivity index (χ1v) is 7.76. The molecule has 0 aliphatic carbocycles. The molecule has 0 atom stereocenters. The Morgan fingerprint density at radius 2 is 1.67 bits per heavy atom.